The van der Waals surface area contributed by atoms with E-state index in [1.807, 2.05) is 12.1 Å². The van der Waals surface area contributed by atoms with E-state index in [1.165, 1.54) is 4.90 Å². The molecular formula is C11H16ClN3O2. The predicted molar refractivity (Wildman–Crippen MR) is 67.1 cm³/mol. The minimum absolute atomic E-state index is 0.315. The van der Waals surface area contributed by atoms with Gasteiger partial charge in [0.2, 0.25) is 0 Å². The van der Waals surface area contributed by atoms with E-state index in [9.17, 15) is 4.79 Å². The molecule has 0 saturated carbocycles. The van der Waals surface area contributed by atoms with Crippen molar-refractivity contribution in [2.45, 2.75) is 6.42 Å². The van der Waals surface area contributed by atoms with Crippen molar-refractivity contribution in [3.05, 3.63) is 28.8 Å². The van der Waals surface area contributed by atoms with Gasteiger partial charge in [0.25, 0.3) is 0 Å². The molecule has 17 heavy (non-hydrogen) atoms. The summed E-state index contributed by atoms with van der Waals surface area (Å²) in [6, 6.07) is 5.23. The van der Waals surface area contributed by atoms with Crippen molar-refractivity contribution >= 4 is 17.6 Å². The summed E-state index contributed by atoms with van der Waals surface area (Å²) in [6.45, 7) is 0.561. The zero-order chi connectivity index (χ0) is 12.8. The number of amides is 2. The molecule has 94 valence electrons. The number of likely N-dealkylation sites (N-methyl/N-ethyl adjacent to an activating group) is 1. The standard InChI is InChI=1S/C11H16ClN3O2/c1-15(11(16)14-13)6-5-8-3-4-10(17-2)9(12)7-8/h3-4,7H,5-6,13H2,1-2H3,(H,14,16). The molecule has 0 atom stereocenters. The second-order valence-electron chi connectivity index (χ2n) is 3.59. The molecule has 0 aromatic heterocycles. The third-order valence-corrected chi connectivity index (χ3v) is 2.72. The van der Waals surface area contributed by atoms with Crippen LogP contribution in [0.2, 0.25) is 5.02 Å². The van der Waals surface area contributed by atoms with E-state index in [1.54, 1.807) is 20.2 Å². The summed E-state index contributed by atoms with van der Waals surface area (Å²) in [5.74, 6) is 5.67. The maximum Gasteiger partial charge on any atom is 0.331 e. The fraction of sp³-hybridized carbons (Fsp3) is 0.364. The monoisotopic (exact) mass is 257 g/mol. The van der Waals surface area contributed by atoms with Crippen LogP contribution in [0, 0.1) is 0 Å². The number of rotatable bonds is 4. The number of nitrogens with two attached hydrogens (primary N) is 1. The Balaban J connectivity index is 2.58. The Morgan fingerprint density at radius 2 is 2.29 bits per heavy atom. The predicted octanol–water partition coefficient (Wildman–Crippen LogP) is 1.41. The van der Waals surface area contributed by atoms with Crippen molar-refractivity contribution in [3.8, 4) is 5.75 Å². The molecule has 0 radical (unpaired) electrons. The molecule has 0 aliphatic heterocycles. The third-order valence-electron chi connectivity index (χ3n) is 2.42. The average Bonchev–Trinajstić information content (AvgIpc) is 2.35. The highest BCUT2D eigenvalue weighted by Crippen LogP contribution is 2.25. The Morgan fingerprint density at radius 3 is 2.82 bits per heavy atom. The van der Waals surface area contributed by atoms with Gasteiger partial charge in [0.1, 0.15) is 5.75 Å². The highest BCUT2D eigenvalue weighted by atomic mass is 35.5. The molecule has 0 fully saturated rings. The summed E-state index contributed by atoms with van der Waals surface area (Å²) < 4.78 is 5.06. The SMILES string of the molecule is COc1ccc(CCN(C)C(=O)NN)cc1Cl. The van der Waals surface area contributed by atoms with Crippen LogP contribution in [0.15, 0.2) is 18.2 Å². The number of ether oxygens (including phenoxy) is 1. The quantitative estimate of drug-likeness (QED) is 0.487. The van der Waals surface area contributed by atoms with Gasteiger partial charge in [0.15, 0.2) is 0 Å². The minimum Gasteiger partial charge on any atom is -0.495 e. The number of urea groups is 1. The van der Waals surface area contributed by atoms with E-state index in [2.05, 4.69) is 5.43 Å². The lowest BCUT2D eigenvalue weighted by molar-refractivity contribution is 0.209. The molecule has 3 N–H and O–H groups in total. The highest BCUT2D eigenvalue weighted by Gasteiger charge is 2.07. The van der Waals surface area contributed by atoms with Crippen LogP contribution in [0.25, 0.3) is 0 Å². The fourth-order valence-corrected chi connectivity index (χ4v) is 1.65. The third kappa shape index (κ3) is 3.80. The van der Waals surface area contributed by atoms with E-state index in [4.69, 9.17) is 22.2 Å². The van der Waals surface area contributed by atoms with Crippen LogP contribution in [0.3, 0.4) is 0 Å². The number of hydrogen-bond acceptors (Lipinski definition) is 3. The summed E-state index contributed by atoms with van der Waals surface area (Å²) in [5.41, 5.74) is 3.11. The molecule has 0 aliphatic rings. The number of methoxy groups -OCH3 is 1. The number of carbonyl (C=O) groups is 1. The largest absolute Gasteiger partial charge is 0.495 e. The number of nitrogens with zero attached hydrogens (tertiary/aromatic N) is 1. The molecule has 6 heteroatoms. The summed E-state index contributed by atoms with van der Waals surface area (Å²) in [7, 11) is 3.24. The van der Waals surface area contributed by atoms with Gasteiger partial charge < -0.3 is 9.64 Å². The Hall–Kier alpha value is -1.46. The summed E-state index contributed by atoms with van der Waals surface area (Å²) in [5, 5.41) is 0.566. The van der Waals surface area contributed by atoms with Gasteiger partial charge >= 0.3 is 6.03 Å². The van der Waals surface area contributed by atoms with Gasteiger partial charge in [-0.25, -0.2) is 10.6 Å². The molecule has 0 aliphatic carbocycles. The second kappa shape index (κ2) is 6.32. The van der Waals surface area contributed by atoms with E-state index in [0.29, 0.717) is 23.7 Å². The Labute approximate surface area is 105 Å². The molecule has 0 unspecified atom stereocenters. The van der Waals surface area contributed by atoms with Crippen LogP contribution in [-0.4, -0.2) is 31.6 Å². The maximum atomic E-state index is 11.1. The fourth-order valence-electron chi connectivity index (χ4n) is 1.37. The number of hydrogen-bond donors (Lipinski definition) is 2. The first-order valence-corrected chi connectivity index (χ1v) is 5.50. The first-order chi connectivity index (χ1) is 8.08. The summed E-state index contributed by atoms with van der Waals surface area (Å²) in [4.78, 5) is 12.6. The van der Waals surface area contributed by atoms with Crippen molar-refractivity contribution in [1.29, 1.82) is 0 Å². The molecule has 0 bridgehead atoms. The van der Waals surface area contributed by atoms with Crippen molar-refractivity contribution in [2.24, 2.45) is 5.84 Å². The van der Waals surface area contributed by atoms with Gasteiger partial charge in [-0.05, 0) is 24.1 Å². The van der Waals surface area contributed by atoms with Gasteiger partial charge in [0.05, 0.1) is 12.1 Å². The van der Waals surface area contributed by atoms with Gasteiger partial charge in [-0.1, -0.05) is 17.7 Å². The van der Waals surface area contributed by atoms with Crippen LogP contribution < -0.4 is 16.0 Å². The second-order valence-corrected chi connectivity index (χ2v) is 4.00. The van der Waals surface area contributed by atoms with E-state index >= 15 is 0 Å². The molecule has 1 rings (SSSR count). The Bertz CT molecular complexity index is 398. The topological polar surface area (TPSA) is 67.6 Å². The first-order valence-electron chi connectivity index (χ1n) is 5.12. The van der Waals surface area contributed by atoms with E-state index in [-0.39, 0.29) is 6.03 Å². The number of nitrogens with one attached hydrogen (secondary N) is 1. The molecule has 1 aromatic rings. The van der Waals surface area contributed by atoms with Crippen molar-refractivity contribution in [2.75, 3.05) is 20.7 Å². The van der Waals surface area contributed by atoms with Crippen molar-refractivity contribution in [1.82, 2.24) is 10.3 Å². The molecular weight excluding hydrogens is 242 g/mol. The van der Waals surface area contributed by atoms with E-state index in [0.717, 1.165) is 5.56 Å². The zero-order valence-corrected chi connectivity index (χ0v) is 10.6. The zero-order valence-electron chi connectivity index (χ0n) is 9.87. The molecule has 2 amide bonds. The van der Waals surface area contributed by atoms with Gasteiger partial charge in [-0.3, -0.25) is 5.43 Å². The number of benzene rings is 1. The first kappa shape index (κ1) is 13.6. The van der Waals surface area contributed by atoms with Crippen molar-refractivity contribution < 1.29 is 9.53 Å². The van der Waals surface area contributed by atoms with Gasteiger partial charge in [0, 0.05) is 13.6 Å². The van der Waals surface area contributed by atoms with Crippen LogP contribution in [-0.2, 0) is 6.42 Å². The number of carbonyl (C=O) groups excluding carboxylic acids is 1. The molecule has 1 aromatic carbocycles. The van der Waals surface area contributed by atoms with Crippen LogP contribution in [0.5, 0.6) is 5.75 Å². The summed E-state index contributed by atoms with van der Waals surface area (Å²) in [6.07, 6.45) is 0.702. The lowest BCUT2D eigenvalue weighted by Gasteiger charge is -2.16. The van der Waals surface area contributed by atoms with Crippen molar-refractivity contribution in [3.63, 3.8) is 0 Å². The summed E-state index contributed by atoms with van der Waals surface area (Å²) >= 11 is 6.00. The van der Waals surface area contributed by atoms with Crippen LogP contribution >= 0.6 is 11.6 Å². The Kier molecular flexibility index (Phi) is 5.06. The smallest absolute Gasteiger partial charge is 0.331 e. The molecule has 0 saturated heterocycles. The lowest BCUT2D eigenvalue weighted by atomic mass is 10.1. The highest BCUT2D eigenvalue weighted by molar-refractivity contribution is 6.32. The minimum atomic E-state index is -0.315. The lowest BCUT2D eigenvalue weighted by Crippen LogP contribution is -2.41. The number of halogens is 1. The molecule has 5 nitrogen and oxygen atoms in total. The Morgan fingerprint density at radius 1 is 1.59 bits per heavy atom. The van der Waals surface area contributed by atoms with Crippen LogP contribution in [0.4, 0.5) is 4.79 Å². The maximum absolute atomic E-state index is 11.1. The van der Waals surface area contributed by atoms with E-state index < -0.39 is 0 Å². The van der Waals surface area contributed by atoms with Gasteiger partial charge in [-0.15, -0.1) is 0 Å². The molecule has 0 heterocycles. The normalized spacial score (nSPS) is 9.88. The number of hydrazine groups is 1. The van der Waals surface area contributed by atoms with Crippen LogP contribution in [0.1, 0.15) is 5.56 Å². The van der Waals surface area contributed by atoms with Gasteiger partial charge in [-0.2, -0.15) is 0 Å². The molecule has 0 spiro atoms. The average molecular weight is 258 g/mol.